The first-order valence-electron chi connectivity index (χ1n) is 6.32. The highest BCUT2D eigenvalue weighted by Gasteiger charge is 2.38. The Bertz CT molecular complexity index is 294. The van der Waals surface area contributed by atoms with Crippen LogP contribution in [0, 0.1) is 5.41 Å². The van der Waals surface area contributed by atoms with E-state index >= 15 is 0 Å². The third kappa shape index (κ3) is 3.87. The van der Waals surface area contributed by atoms with Crippen molar-refractivity contribution >= 4 is 11.7 Å². The number of likely N-dealkylation sites (N-methyl/N-ethyl adjacent to an activating group) is 1. The van der Waals surface area contributed by atoms with Gasteiger partial charge in [0.1, 0.15) is 5.41 Å². The van der Waals surface area contributed by atoms with Gasteiger partial charge < -0.3 is 20.6 Å². The van der Waals surface area contributed by atoms with Crippen LogP contribution in [0.25, 0.3) is 0 Å². The Morgan fingerprint density at radius 3 is 2.44 bits per heavy atom. The molecule has 1 atom stereocenters. The van der Waals surface area contributed by atoms with E-state index < -0.39 is 5.41 Å². The Kier molecular flexibility index (Phi) is 7.35. The third-order valence-electron chi connectivity index (χ3n) is 3.23. The largest absolute Gasteiger partial charge is 0.409 e. The molecule has 0 aliphatic rings. The Morgan fingerprint density at radius 1 is 1.44 bits per heavy atom. The van der Waals surface area contributed by atoms with Crippen LogP contribution in [0.1, 0.15) is 34.1 Å². The number of nitrogens with zero attached hydrogens (tertiary/aromatic N) is 2. The molecule has 0 fully saturated rings. The lowest BCUT2D eigenvalue weighted by Gasteiger charge is -2.32. The maximum absolute atomic E-state index is 12.4. The fraction of sp³-hybridized carbons (Fsp3) is 0.833. The molecule has 0 saturated carbocycles. The summed E-state index contributed by atoms with van der Waals surface area (Å²) in [5.74, 6) is -0.188. The molecule has 0 aromatic rings. The van der Waals surface area contributed by atoms with Crippen LogP contribution in [0.5, 0.6) is 0 Å². The average molecular weight is 259 g/mol. The van der Waals surface area contributed by atoms with Crippen molar-refractivity contribution in [3.63, 3.8) is 0 Å². The topological polar surface area (TPSA) is 88.2 Å². The Hall–Kier alpha value is -1.30. The summed E-state index contributed by atoms with van der Waals surface area (Å²) in [5.41, 5.74) is 4.67. The van der Waals surface area contributed by atoms with Crippen molar-refractivity contribution in [1.82, 2.24) is 4.90 Å². The molecule has 0 aliphatic carbocycles. The van der Waals surface area contributed by atoms with Crippen LogP contribution in [-0.4, -0.2) is 48.2 Å². The molecule has 18 heavy (non-hydrogen) atoms. The van der Waals surface area contributed by atoms with Crippen LogP contribution >= 0.6 is 0 Å². The van der Waals surface area contributed by atoms with E-state index in [0.29, 0.717) is 32.7 Å². The van der Waals surface area contributed by atoms with Crippen molar-refractivity contribution in [2.24, 2.45) is 16.3 Å². The molecule has 0 radical (unpaired) electrons. The fourth-order valence-corrected chi connectivity index (χ4v) is 1.62. The molecular formula is C12H25N3O3. The average Bonchev–Trinajstić information content (AvgIpc) is 2.41. The molecule has 3 N–H and O–H groups in total. The second-order valence-electron chi connectivity index (χ2n) is 4.25. The minimum absolute atomic E-state index is 0.0511. The van der Waals surface area contributed by atoms with Gasteiger partial charge in [-0.05, 0) is 27.2 Å². The van der Waals surface area contributed by atoms with Crippen LogP contribution in [-0.2, 0) is 9.53 Å². The van der Waals surface area contributed by atoms with E-state index in [-0.39, 0.29) is 11.7 Å². The molecule has 6 nitrogen and oxygen atoms in total. The summed E-state index contributed by atoms with van der Waals surface area (Å²) < 4.78 is 5.24. The van der Waals surface area contributed by atoms with E-state index in [4.69, 9.17) is 15.7 Å². The van der Waals surface area contributed by atoms with Gasteiger partial charge in [-0.3, -0.25) is 4.79 Å². The number of nitrogens with two attached hydrogens (primary N) is 1. The highest BCUT2D eigenvalue weighted by Crippen LogP contribution is 2.24. The van der Waals surface area contributed by atoms with Crippen molar-refractivity contribution in [3.8, 4) is 0 Å². The van der Waals surface area contributed by atoms with Gasteiger partial charge in [0.25, 0.3) is 0 Å². The molecular weight excluding hydrogens is 234 g/mol. The first-order chi connectivity index (χ1) is 8.47. The zero-order chi connectivity index (χ0) is 14.2. The Labute approximate surface area is 109 Å². The molecule has 0 saturated heterocycles. The molecule has 0 rings (SSSR count). The van der Waals surface area contributed by atoms with Gasteiger partial charge in [0, 0.05) is 19.7 Å². The highest BCUT2D eigenvalue weighted by molar-refractivity contribution is 6.06. The van der Waals surface area contributed by atoms with Crippen molar-refractivity contribution in [2.45, 2.75) is 34.1 Å². The number of ether oxygens (including phenoxy) is 1. The van der Waals surface area contributed by atoms with Gasteiger partial charge in [0.05, 0.1) is 6.61 Å². The van der Waals surface area contributed by atoms with Gasteiger partial charge in [-0.25, -0.2) is 0 Å². The minimum atomic E-state index is -0.961. The molecule has 0 aromatic heterocycles. The molecule has 1 amide bonds. The molecule has 106 valence electrons. The third-order valence-corrected chi connectivity index (χ3v) is 3.23. The molecule has 1 unspecified atom stereocenters. The number of amidine groups is 1. The molecule has 0 aliphatic heterocycles. The normalized spacial score (nSPS) is 15.2. The molecule has 6 heteroatoms. The predicted octanol–water partition coefficient (Wildman–Crippen LogP) is 1.03. The molecule has 0 heterocycles. The van der Waals surface area contributed by atoms with Gasteiger partial charge in [-0.1, -0.05) is 12.1 Å². The van der Waals surface area contributed by atoms with Crippen molar-refractivity contribution in [1.29, 1.82) is 0 Å². The Morgan fingerprint density at radius 2 is 2.06 bits per heavy atom. The first-order valence-corrected chi connectivity index (χ1v) is 6.32. The lowest BCUT2D eigenvalue weighted by molar-refractivity contribution is -0.138. The van der Waals surface area contributed by atoms with Gasteiger partial charge in [0.2, 0.25) is 5.91 Å². The van der Waals surface area contributed by atoms with Crippen LogP contribution in [0.2, 0.25) is 0 Å². The van der Waals surface area contributed by atoms with Crippen molar-refractivity contribution < 1.29 is 14.7 Å². The summed E-state index contributed by atoms with van der Waals surface area (Å²) in [5, 5.41) is 11.8. The van der Waals surface area contributed by atoms with Gasteiger partial charge >= 0.3 is 0 Å². The summed E-state index contributed by atoms with van der Waals surface area (Å²) >= 11 is 0. The van der Waals surface area contributed by atoms with Crippen LogP contribution < -0.4 is 5.73 Å². The summed E-state index contributed by atoms with van der Waals surface area (Å²) in [6.07, 6.45) is 0.479. The Balaban J connectivity index is 4.83. The van der Waals surface area contributed by atoms with Crippen LogP contribution in [0.3, 0.4) is 0 Å². The second-order valence-corrected chi connectivity index (χ2v) is 4.25. The van der Waals surface area contributed by atoms with Gasteiger partial charge in [-0.15, -0.1) is 0 Å². The summed E-state index contributed by atoms with van der Waals surface area (Å²) in [4.78, 5) is 14.1. The second kappa shape index (κ2) is 7.92. The summed E-state index contributed by atoms with van der Waals surface area (Å²) in [6, 6.07) is 0. The lowest BCUT2D eigenvalue weighted by Crippen LogP contribution is -2.50. The number of carbonyl (C=O) groups is 1. The molecule has 0 bridgehead atoms. The minimum Gasteiger partial charge on any atom is -0.409 e. The standard InChI is InChI=1S/C12H25N3O3/c1-5-12(4,10(13)14-17)11(16)15(6-2)8-9-18-7-3/h17H,5-9H2,1-4H3,(H2,13,14). The van der Waals surface area contributed by atoms with Crippen molar-refractivity contribution in [3.05, 3.63) is 0 Å². The van der Waals surface area contributed by atoms with Crippen molar-refractivity contribution in [2.75, 3.05) is 26.3 Å². The lowest BCUT2D eigenvalue weighted by atomic mass is 9.84. The maximum atomic E-state index is 12.4. The summed E-state index contributed by atoms with van der Waals surface area (Å²) in [6.45, 7) is 9.53. The highest BCUT2D eigenvalue weighted by atomic mass is 16.5. The van der Waals surface area contributed by atoms with E-state index in [1.54, 1.807) is 11.8 Å². The van der Waals surface area contributed by atoms with E-state index in [2.05, 4.69) is 5.16 Å². The molecule has 0 spiro atoms. The maximum Gasteiger partial charge on any atom is 0.236 e. The predicted molar refractivity (Wildman–Crippen MR) is 70.6 cm³/mol. The fourth-order valence-electron chi connectivity index (χ4n) is 1.62. The van der Waals surface area contributed by atoms with E-state index in [0.717, 1.165) is 0 Å². The number of oxime groups is 1. The number of rotatable bonds is 8. The number of hydrogen-bond donors (Lipinski definition) is 2. The smallest absolute Gasteiger partial charge is 0.236 e. The van der Waals surface area contributed by atoms with E-state index in [9.17, 15) is 4.79 Å². The molecule has 0 aromatic carbocycles. The SMILES string of the molecule is CCOCCN(CC)C(=O)C(C)(CC)C(N)=NO. The summed E-state index contributed by atoms with van der Waals surface area (Å²) in [7, 11) is 0. The van der Waals surface area contributed by atoms with E-state index in [1.165, 1.54) is 0 Å². The van der Waals surface area contributed by atoms with Crippen LogP contribution in [0.4, 0.5) is 0 Å². The van der Waals surface area contributed by atoms with E-state index in [1.807, 2.05) is 20.8 Å². The number of carbonyl (C=O) groups excluding carboxylic acids is 1. The zero-order valence-corrected chi connectivity index (χ0v) is 11.8. The monoisotopic (exact) mass is 259 g/mol. The number of amides is 1. The first kappa shape index (κ1) is 16.7. The van der Waals surface area contributed by atoms with Gasteiger partial charge in [0.15, 0.2) is 5.84 Å². The van der Waals surface area contributed by atoms with Crippen LogP contribution in [0.15, 0.2) is 5.16 Å². The zero-order valence-electron chi connectivity index (χ0n) is 11.8. The quantitative estimate of drug-likeness (QED) is 0.224. The number of hydrogen-bond acceptors (Lipinski definition) is 4. The van der Waals surface area contributed by atoms with Gasteiger partial charge in [-0.2, -0.15) is 0 Å².